The van der Waals surface area contributed by atoms with Crippen molar-refractivity contribution in [2.24, 2.45) is 0 Å². The molecule has 0 saturated heterocycles. The van der Waals surface area contributed by atoms with Crippen LogP contribution in [0.25, 0.3) is 0 Å². The summed E-state index contributed by atoms with van der Waals surface area (Å²) in [5.74, 6) is 0. The molecule has 1 aromatic carbocycles. The summed E-state index contributed by atoms with van der Waals surface area (Å²) in [5.41, 5.74) is 5.82. The summed E-state index contributed by atoms with van der Waals surface area (Å²) in [6.07, 6.45) is 2.15. The SMILES string of the molecule is Cc1cc(C(O)O)c(C)c2c1CCCC2(C)C. The van der Waals surface area contributed by atoms with Crippen LogP contribution in [-0.4, -0.2) is 10.2 Å². The molecule has 0 fully saturated rings. The molecule has 94 valence electrons. The van der Waals surface area contributed by atoms with Crippen LogP contribution in [0.2, 0.25) is 0 Å². The van der Waals surface area contributed by atoms with Crippen LogP contribution < -0.4 is 0 Å². The van der Waals surface area contributed by atoms with E-state index in [2.05, 4.69) is 20.8 Å². The molecule has 0 spiro atoms. The average molecular weight is 234 g/mol. The number of aliphatic hydroxyl groups excluding tert-OH is 1. The van der Waals surface area contributed by atoms with E-state index < -0.39 is 6.29 Å². The van der Waals surface area contributed by atoms with Gasteiger partial charge in [0.2, 0.25) is 0 Å². The van der Waals surface area contributed by atoms with E-state index in [-0.39, 0.29) is 5.41 Å². The van der Waals surface area contributed by atoms with Crippen molar-refractivity contribution < 1.29 is 10.2 Å². The molecule has 0 radical (unpaired) electrons. The van der Waals surface area contributed by atoms with Crippen molar-refractivity contribution in [2.45, 2.75) is 58.7 Å². The van der Waals surface area contributed by atoms with E-state index in [1.54, 1.807) is 0 Å². The zero-order chi connectivity index (χ0) is 12.8. The molecule has 0 aliphatic heterocycles. The van der Waals surface area contributed by atoms with Crippen molar-refractivity contribution >= 4 is 0 Å². The van der Waals surface area contributed by atoms with Gasteiger partial charge in [0.25, 0.3) is 0 Å². The largest absolute Gasteiger partial charge is 0.364 e. The lowest BCUT2D eigenvalue weighted by atomic mass is 9.69. The van der Waals surface area contributed by atoms with Crippen LogP contribution >= 0.6 is 0 Å². The second-order valence-corrected chi connectivity index (χ2v) is 5.87. The monoisotopic (exact) mass is 234 g/mol. The van der Waals surface area contributed by atoms with Crippen LogP contribution in [0.15, 0.2) is 6.07 Å². The Bertz CT molecular complexity index is 445. The van der Waals surface area contributed by atoms with E-state index >= 15 is 0 Å². The van der Waals surface area contributed by atoms with E-state index in [4.69, 9.17) is 0 Å². The summed E-state index contributed by atoms with van der Waals surface area (Å²) < 4.78 is 0. The first kappa shape index (κ1) is 12.6. The number of aryl methyl sites for hydroxylation is 1. The predicted octanol–water partition coefficient (Wildman–Crippen LogP) is 2.90. The quantitative estimate of drug-likeness (QED) is 0.733. The lowest BCUT2D eigenvalue weighted by molar-refractivity contribution is -0.0431. The molecule has 1 aliphatic carbocycles. The van der Waals surface area contributed by atoms with E-state index in [0.717, 1.165) is 12.0 Å². The van der Waals surface area contributed by atoms with E-state index in [1.165, 1.54) is 29.5 Å². The minimum Gasteiger partial charge on any atom is -0.364 e. The Kier molecular flexibility index (Phi) is 3.04. The minimum absolute atomic E-state index is 0.146. The van der Waals surface area contributed by atoms with Gasteiger partial charge in [-0.25, -0.2) is 0 Å². The van der Waals surface area contributed by atoms with Gasteiger partial charge in [-0.15, -0.1) is 0 Å². The summed E-state index contributed by atoms with van der Waals surface area (Å²) in [6, 6.07) is 1.93. The molecule has 0 aromatic heterocycles. The third kappa shape index (κ3) is 2.00. The number of aliphatic hydroxyl groups is 2. The molecule has 2 rings (SSSR count). The molecular formula is C15H22O2. The fourth-order valence-electron chi connectivity index (χ4n) is 3.33. The third-order valence-corrected chi connectivity index (χ3v) is 4.14. The minimum atomic E-state index is -1.36. The zero-order valence-electron chi connectivity index (χ0n) is 11.2. The lowest BCUT2D eigenvalue weighted by Crippen LogP contribution is -2.27. The highest BCUT2D eigenvalue weighted by molar-refractivity contribution is 5.50. The summed E-state index contributed by atoms with van der Waals surface area (Å²) in [7, 11) is 0. The van der Waals surface area contributed by atoms with Crippen LogP contribution in [0.3, 0.4) is 0 Å². The van der Waals surface area contributed by atoms with Gasteiger partial charge in [0.05, 0.1) is 0 Å². The molecule has 2 N–H and O–H groups in total. The number of rotatable bonds is 1. The summed E-state index contributed by atoms with van der Waals surface area (Å²) in [4.78, 5) is 0. The van der Waals surface area contributed by atoms with E-state index in [9.17, 15) is 10.2 Å². The molecule has 0 heterocycles. The van der Waals surface area contributed by atoms with Crippen molar-refractivity contribution in [3.63, 3.8) is 0 Å². The van der Waals surface area contributed by atoms with Gasteiger partial charge < -0.3 is 10.2 Å². The number of hydrogen-bond donors (Lipinski definition) is 2. The number of fused-ring (bicyclic) bond motifs is 1. The molecular weight excluding hydrogens is 212 g/mol. The number of hydrogen-bond acceptors (Lipinski definition) is 2. The molecule has 0 atom stereocenters. The molecule has 1 aromatic rings. The molecule has 0 bridgehead atoms. The maximum absolute atomic E-state index is 9.46. The van der Waals surface area contributed by atoms with Crippen LogP contribution in [0, 0.1) is 13.8 Å². The Balaban J connectivity index is 2.72. The third-order valence-electron chi connectivity index (χ3n) is 4.14. The van der Waals surface area contributed by atoms with Gasteiger partial charge in [-0.3, -0.25) is 0 Å². The van der Waals surface area contributed by atoms with Gasteiger partial charge in [0, 0.05) is 5.56 Å². The van der Waals surface area contributed by atoms with Crippen LogP contribution in [-0.2, 0) is 11.8 Å². The van der Waals surface area contributed by atoms with E-state index in [0.29, 0.717) is 5.56 Å². The molecule has 0 amide bonds. The normalized spacial score (nSPS) is 18.3. The standard InChI is InChI=1S/C15H22O2/c1-9-8-12(14(16)17)10(2)13-11(9)6-5-7-15(13,3)4/h8,14,16-17H,5-7H2,1-4H3. The first-order chi connectivity index (χ1) is 7.84. The first-order valence-electron chi connectivity index (χ1n) is 6.34. The molecule has 0 unspecified atom stereocenters. The molecule has 1 aliphatic rings. The fourth-order valence-corrected chi connectivity index (χ4v) is 3.33. The maximum Gasteiger partial charge on any atom is 0.178 e. The Morgan fingerprint density at radius 3 is 2.47 bits per heavy atom. The summed E-state index contributed by atoms with van der Waals surface area (Å²) in [6.45, 7) is 8.60. The van der Waals surface area contributed by atoms with Crippen molar-refractivity contribution in [1.29, 1.82) is 0 Å². The summed E-state index contributed by atoms with van der Waals surface area (Å²) in [5, 5.41) is 18.9. The van der Waals surface area contributed by atoms with Crippen LogP contribution in [0.4, 0.5) is 0 Å². The van der Waals surface area contributed by atoms with Gasteiger partial charge in [0.15, 0.2) is 6.29 Å². The van der Waals surface area contributed by atoms with Crippen molar-refractivity contribution in [3.8, 4) is 0 Å². The topological polar surface area (TPSA) is 40.5 Å². The molecule has 2 heteroatoms. The predicted molar refractivity (Wildman–Crippen MR) is 69.1 cm³/mol. The van der Waals surface area contributed by atoms with Crippen LogP contribution in [0.5, 0.6) is 0 Å². The molecule has 0 saturated carbocycles. The Hall–Kier alpha value is -0.860. The first-order valence-corrected chi connectivity index (χ1v) is 6.34. The smallest absolute Gasteiger partial charge is 0.178 e. The van der Waals surface area contributed by atoms with Gasteiger partial charge in [-0.1, -0.05) is 19.9 Å². The zero-order valence-corrected chi connectivity index (χ0v) is 11.2. The lowest BCUT2D eigenvalue weighted by Gasteiger charge is -2.36. The second kappa shape index (κ2) is 4.11. The highest BCUT2D eigenvalue weighted by Crippen LogP contribution is 2.41. The second-order valence-electron chi connectivity index (χ2n) is 5.87. The van der Waals surface area contributed by atoms with Crippen molar-refractivity contribution in [3.05, 3.63) is 33.9 Å². The Labute approximate surface area is 103 Å². The fraction of sp³-hybridized carbons (Fsp3) is 0.600. The van der Waals surface area contributed by atoms with Gasteiger partial charge >= 0.3 is 0 Å². The van der Waals surface area contributed by atoms with Crippen molar-refractivity contribution in [1.82, 2.24) is 0 Å². The highest BCUT2D eigenvalue weighted by atomic mass is 16.5. The van der Waals surface area contributed by atoms with Gasteiger partial charge in [-0.05, 0) is 60.8 Å². The highest BCUT2D eigenvalue weighted by Gasteiger charge is 2.31. The molecule has 17 heavy (non-hydrogen) atoms. The van der Waals surface area contributed by atoms with Gasteiger partial charge in [0.1, 0.15) is 0 Å². The van der Waals surface area contributed by atoms with Crippen LogP contribution in [0.1, 0.15) is 60.8 Å². The Morgan fingerprint density at radius 1 is 1.24 bits per heavy atom. The molecule has 2 nitrogen and oxygen atoms in total. The Morgan fingerprint density at radius 2 is 1.88 bits per heavy atom. The maximum atomic E-state index is 9.46. The number of benzene rings is 1. The van der Waals surface area contributed by atoms with Gasteiger partial charge in [-0.2, -0.15) is 0 Å². The summed E-state index contributed by atoms with van der Waals surface area (Å²) >= 11 is 0. The van der Waals surface area contributed by atoms with E-state index in [1.807, 2.05) is 13.0 Å². The van der Waals surface area contributed by atoms with Crippen molar-refractivity contribution in [2.75, 3.05) is 0 Å². The average Bonchev–Trinajstić information content (AvgIpc) is 2.21.